The summed E-state index contributed by atoms with van der Waals surface area (Å²) in [6.45, 7) is 4.71. The van der Waals surface area contributed by atoms with Crippen LogP contribution in [0.2, 0.25) is 0 Å². The largest absolute Gasteiger partial charge is 0.352 e. The van der Waals surface area contributed by atoms with Gasteiger partial charge in [0.25, 0.3) is 5.91 Å². The van der Waals surface area contributed by atoms with E-state index in [1.807, 2.05) is 72.8 Å². The van der Waals surface area contributed by atoms with Crippen LogP contribution in [-0.4, -0.2) is 45.9 Å². The van der Waals surface area contributed by atoms with Crippen LogP contribution in [0.1, 0.15) is 59.4 Å². The molecule has 6 nitrogen and oxygen atoms in total. The molecule has 0 radical (unpaired) electrons. The van der Waals surface area contributed by atoms with Crippen LogP contribution in [0, 0.1) is 13.8 Å². The molecular formula is C27H34N4O2. The van der Waals surface area contributed by atoms with E-state index in [4.69, 9.17) is 4.98 Å². The van der Waals surface area contributed by atoms with E-state index in [2.05, 4.69) is 5.32 Å². The lowest BCUT2D eigenvalue weighted by atomic mass is 9.94. The lowest BCUT2D eigenvalue weighted by Crippen LogP contribution is -2.40. The fourth-order valence-corrected chi connectivity index (χ4v) is 4.86. The van der Waals surface area contributed by atoms with E-state index in [-0.39, 0.29) is 18.4 Å². The standard InChI is InChI=1S/C27H34N4O2/c1-19-13-14-22(20(2)17-19)27(33)28-16-15-25-29-23-11-7-8-12-24(23)31(25)18-26(32)30(3)21-9-5-4-6-10-21/h7-8,11-14,17,21H,4-6,9-10,15-16,18H2,1-3H3,(H,28,33). The normalized spacial score (nSPS) is 14.4. The molecule has 174 valence electrons. The summed E-state index contributed by atoms with van der Waals surface area (Å²) < 4.78 is 2.01. The van der Waals surface area contributed by atoms with Gasteiger partial charge in [-0.1, -0.05) is 49.1 Å². The molecule has 1 aromatic heterocycles. The van der Waals surface area contributed by atoms with Gasteiger partial charge < -0.3 is 14.8 Å². The number of carbonyl (C=O) groups excluding carboxylic acids is 2. The van der Waals surface area contributed by atoms with E-state index in [1.54, 1.807) is 0 Å². The molecule has 0 atom stereocenters. The molecule has 4 rings (SSSR count). The van der Waals surface area contributed by atoms with Gasteiger partial charge in [-0.3, -0.25) is 9.59 Å². The molecule has 0 spiro atoms. The Labute approximate surface area is 196 Å². The lowest BCUT2D eigenvalue weighted by Gasteiger charge is -2.31. The first-order valence-corrected chi connectivity index (χ1v) is 12.0. The average molecular weight is 447 g/mol. The van der Waals surface area contributed by atoms with E-state index < -0.39 is 0 Å². The number of rotatable bonds is 7. The number of carbonyl (C=O) groups is 2. The second-order valence-corrected chi connectivity index (χ2v) is 9.22. The maximum Gasteiger partial charge on any atom is 0.251 e. The molecule has 2 aromatic carbocycles. The molecule has 1 aliphatic carbocycles. The molecule has 0 aliphatic heterocycles. The summed E-state index contributed by atoms with van der Waals surface area (Å²) in [7, 11) is 1.93. The van der Waals surface area contributed by atoms with E-state index in [0.29, 0.717) is 24.6 Å². The zero-order chi connectivity index (χ0) is 23.4. The zero-order valence-corrected chi connectivity index (χ0v) is 19.9. The van der Waals surface area contributed by atoms with Crippen molar-refractivity contribution in [2.24, 2.45) is 0 Å². The van der Waals surface area contributed by atoms with Crippen molar-refractivity contribution >= 4 is 22.8 Å². The first kappa shape index (κ1) is 23.0. The van der Waals surface area contributed by atoms with Crippen LogP contribution in [0.15, 0.2) is 42.5 Å². The minimum absolute atomic E-state index is 0.0803. The summed E-state index contributed by atoms with van der Waals surface area (Å²) in [5.74, 6) is 0.858. The van der Waals surface area contributed by atoms with Gasteiger partial charge in [0.1, 0.15) is 12.4 Å². The van der Waals surface area contributed by atoms with Crippen LogP contribution in [-0.2, 0) is 17.8 Å². The van der Waals surface area contributed by atoms with Crippen LogP contribution < -0.4 is 5.32 Å². The van der Waals surface area contributed by atoms with Gasteiger partial charge in [-0.15, -0.1) is 0 Å². The van der Waals surface area contributed by atoms with Gasteiger partial charge in [0, 0.05) is 31.6 Å². The van der Waals surface area contributed by atoms with Crippen molar-refractivity contribution in [3.63, 3.8) is 0 Å². The predicted molar refractivity (Wildman–Crippen MR) is 131 cm³/mol. The number of para-hydroxylation sites is 2. The Balaban J connectivity index is 1.46. The summed E-state index contributed by atoms with van der Waals surface area (Å²) in [5, 5.41) is 3.02. The van der Waals surface area contributed by atoms with Crippen molar-refractivity contribution < 1.29 is 9.59 Å². The Hall–Kier alpha value is -3.15. The molecule has 6 heteroatoms. The van der Waals surface area contributed by atoms with Crippen molar-refractivity contribution in [1.29, 1.82) is 0 Å². The van der Waals surface area contributed by atoms with Crippen LogP contribution in [0.3, 0.4) is 0 Å². The van der Waals surface area contributed by atoms with Gasteiger partial charge in [0.15, 0.2) is 0 Å². The van der Waals surface area contributed by atoms with Crippen molar-refractivity contribution in [1.82, 2.24) is 19.8 Å². The third-order valence-electron chi connectivity index (χ3n) is 6.80. The Morgan fingerprint density at radius 2 is 1.85 bits per heavy atom. The highest BCUT2D eigenvalue weighted by Gasteiger charge is 2.23. The first-order valence-electron chi connectivity index (χ1n) is 12.0. The molecule has 0 saturated heterocycles. The molecule has 2 amide bonds. The smallest absolute Gasteiger partial charge is 0.251 e. The lowest BCUT2D eigenvalue weighted by molar-refractivity contribution is -0.133. The highest BCUT2D eigenvalue weighted by molar-refractivity contribution is 5.95. The van der Waals surface area contributed by atoms with Gasteiger partial charge >= 0.3 is 0 Å². The fraction of sp³-hybridized carbons (Fsp3) is 0.444. The van der Waals surface area contributed by atoms with Gasteiger partial charge in [0.05, 0.1) is 11.0 Å². The summed E-state index contributed by atoms with van der Waals surface area (Å²) in [5.41, 5.74) is 4.63. The molecule has 1 heterocycles. The number of benzene rings is 2. The summed E-state index contributed by atoms with van der Waals surface area (Å²) in [6, 6.07) is 14.1. The van der Waals surface area contributed by atoms with E-state index in [9.17, 15) is 9.59 Å². The Bertz CT molecular complexity index is 1140. The van der Waals surface area contributed by atoms with Crippen molar-refractivity contribution in [2.45, 2.75) is 65.0 Å². The van der Waals surface area contributed by atoms with Gasteiger partial charge in [-0.2, -0.15) is 0 Å². The first-order chi connectivity index (χ1) is 15.9. The van der Waals surface area contributed by atoms with Gasteiger partial charge in [0.2, 0.25) is 5.91 Å². The number of likely N-dealkylation sites (N-methyl/N-ethyl adjacent to an activating group) is 1. The molecule has 1 aliphatic rings. The monoisotopic (exact) mass is 446 g/mol. The molecule has 0 unspecified atom stereocenters. The number of aryl methyl sites for hydroxylation is 2. The number of nitrogens with one attached hydrogen (secondary N) is 1. The number of aromatic nitrogens is 2. The minimum Gasteiger partial charge on any atom is -0.352 e. The topological polar surface area (TPSA) is 67.2 Å². The van der Waals surface area contributed by atoms with Gasteiger partial charge in [-0.05, 0) is 50.5 Å². The van der Waals surface area contributed by atoms with E-state index in [0.717, 1.165) is 40.8 Å². The number of hydrogen-bond donors (Lipinski definition) is 1. The van der Waals surface area contributed by atoms with E-state index >= 15 is 0 Å². The van der Waals surface area contributed by atoms with Crippen LogP contribution in [0.4, 0.5) is 0 Å². The number of fused-ring (bicyclic) bond motifs is 1. The predicted octanol–water partition coefficient (Wildman–Crippen LogP) is 4.42. The van der Waals surface area contributed by atoms with Gasteiger partial charge in [-0.25, -0.2) is 4.98 Å². The Morgan fingerprint density at radius 1 is 1.09 bits per heavy atom. The second-order valence-electron chi connectivity index (χ2n) is 9.22. The summed E-state index contributed by atoms with van der Waals surface area (Å²) >= 11 is 0. The third kappa shape index (κ3) is 5.27. The number of hydrogen-bond acceptors (Lipinski definition) is 3. The zero-order valence-electron chi connectivity index (χ0n) is 19.9. The van der Waals surface area contributed by atoms with Crippen molar-refractivity contribution in [3.8, 4) is 0 Å². The Kier molecular flexibility index (Phi) is 7.11. The van der Waals surface area contributed by atoms with Crippen LogP contribution in [0.25, 0.3) is 11.0 Å². The third-order valence-corrected chi connectivity index (χ3v) is 6.80. The SMILES string of the molecule is Cc1ccc(C(=O)NCCc2nc3ccccc3n2CC(=O)N(C)C2CCCCC2)c(C)c1. The fourth-order valence-electron chi connectivity index (χ4n) is 4.86. The molecule has 1 saturated carbocycles. The molecule has 33 heavy (non-hydrogen) atoms. The summed E-state index contributed by atoms with van der Waals surface area (Å²) in [6.07, 6.45) is 6.40. The quantitative estimate of drug-likeness (QED) is 0.584. The molecular weight excluding hydrogens is 412 g/mol. The van der Waals surface area contributed by atoms with Crippen LogP contribution in [0.5, 0.6) is 0 Å². The Morgan fingerprint density at radius 3 is 2.61 bits per heavy atom. The van der Waals surface area contributed by atoms with Crippen molar-refractivity contribution in [2.75, 3.05) is 13.6 Å². The average Bonchev–Trinajstić information content (AvgIpc) is 3.16. The number of imidazole rings is 1. The van der Waals surface area contributed by atoms with E-state index in [1.165, 1.54) is 19.3 Å². The minimum atomic E-state index is -0.0803. The van der Waals surface area contributed by atoms with Crippen molar-refractivity contribution in [3.05, 3.63) is 65.0 Å². The highest BCUT2D eigenvalue weighted by atomic mass is 16.2. The van der Waals surface area contributed by atoms with Crippen LogP contribution >= 0.6 is 0 Å². The second kappa shape index (κ2) is 10.2. The molecule has 0 bridgehead atoms. The molecule has 1 N–H and O–H groups in total. The maximum absolute atomic E-state index is 13.1. The number of amides is 2. The molecule has 1 fully saturated rings. The highest BCUT2D eigenvalue weighted by Crippen LogP contribution is 2.23. The molecule has 3 aromatic rings. The maximum atomic E-state index is 13.1. The number of nitrogens with zero attached hydrogens (tertiary/aromatic N) is 3. The summed E-state index contributed by atoms with van der Waals surface area (Å²) in [4.78, 5) is 32.5.